The normalized spacial score (nSPS) is 10.5. The molecule has 0 saturated heterocycles. The van der Waals surface area contributed by atoms with E-state index >= 15 is 0 Å². The predicted molar refractivity (Wildman–Crippen MR) is 534 cm³/mol. The quantitative estimate of drug-likeness (QED) is 0.0139. The lowest BCUT2D eigenvalue weighted by molar-refractivity contribution is 0.143. The summed E-state index contributed by atoms with van der Waals surface area (Å²) in [5.41, 5.74) is 9.81. The maximum absolute atomic E-state index is 14.0. The van der Waals surface area contributed by atoms with Crippen LogP contribution >= 0.6 is 50.1 Å². The lowest BCUT2D eigenvalue weighted by Crippen LogP contribution is -2.14. The van der Waals surface area contributed by atoms with Crippen LogP contribution in [-0.2, 0) is 68.1 Å². The van der Waals surface area contributed by atoms with Crippen LogP contribution in [0.4, 0.5) is 120 Å². The van der Waals surface area contributed by atoms with Crippen LogP contribution in [0.2, 0.25) is 5.02 Å². The molecule has 0 radical (unpaired) electrons. The number of carbonyl (C=O) groups is 6. The van der Waals surface area contributed by atoms with Crippen LogP contribution in [-0.4, -0.2) is 79.2 Å². The van der Waals surface area contributed by atoms with Gasteiger partial charge in [0.25, 0.3) is 38.6 Å². The number of nitrogens with one attached hydrogen (secondary N) is 6. The zero-order chi connectivity index (χ0) is 105. The Morgan fingerprint density at radius 1 is 0.292 bits per heavy atom. The zero-order valence-electron chi connectivity index (χ0n) is 79.0. The largest absolute Gasteiger partial charge is 0.488 e. The standard InChI is InChI=1S/C18H19F2NO3.C17H16BrF2NO3.C17H16ClF2NO3.C17H16F3NO3.C17H16F2INO3.C17H17F2NO3.CH4/c1-11-7-8-16(13(9-11)17(19)20)24-10-14-12(2)5-4-6-15(14)21-18(22)23-3;3*1-10-6-7-15(11(8-10)16(19)20)24-9-12-13(18)4-3-5-14(12)21-17(22)23-2;1-10-6-7-15(11(8-10)16(18)19)24-9-12-13(20)4-3-5-14(12)21-17(22)23-2;1-11-7-8-15(13(9-11)16(18)19)23-10-12-5-3-4-6-14(12)20-17(21)22-2;/h4-9,17H,10H2,1-3H3,(H,21,22);4*3-8,16H,9H2,1-2H3,(H,21,22);3-9,16H,10H2,1-2H3,(H,20,21);1H4. The van der Waals surface area contributed by atoms with Crippen molar-refractivity contribution in [2.24, 2.45) is 0 Å². The highest BCUT2D eigenvalue weighted by atomic mass is 127. The minimum atomic E-state index is -2.71. The number of anilines is 6. The van der Waals surface area contributed by atoms with Crippen molar-refractivity contribution < 1.29 is 143 Å². The number of halogens is 16. The van der Waals surface area contributed by atoms with Gasteiger partial charge in [0.2, 0.25) is 0 Å². The van der Waals surface area contributed by atoms with E-state index in [0.29, 0.717) is 76.9 Å². The van der Waals surface area contributed by atoms with Gasteiger partial charge in [-0.15, -0.1) is 0 Å². The third-order valence-corrected chi connectivity index (χ3v) is 22.2. The van der Waals surface area contributed by atoms with E-state index in [1.165, 1.54) is 134 Å². The minimum absolute atomic E-state index is 0. The summed E-state index contributed by atoms with van der Waals surface area (Å²) in [5, 5.41) is 15.5. The number of methoxy groups -OCH3 is 6. The molecule has 6 amide bonds. The molecule has 0 aliphatic carbocycles. The number of ether oxygens (including phenoxy) is 12. The molecule has 12 rings (SSSR count). The smallest absolute Gasteiger partial charge is 0.411 e. The van der Waals surface area contributed by atoms with Gasteiger partial charge in [-0.05, 0) is 210 Å². The number of rotatable bonds is 30. The number of aryl methyl sites for hydroxylation is 7. The van der Waals surface area contributed by atoms with Gasteiger partial charge in [0.15, 0.2) is 0 Å². The summed E-state index contributed by atoms with van der Waals surface area (Å²) in [7, 11) is 7.45. The first-order valence-electron chi connectivity index (χ1n) is 42.6. The van der Waals surface area contributed by atoms with Gasteiger partial charge < -0.3 is 56.8 Å². The van der Waals surface area contributed by atoms with Crippen molar-refractivity contribution in [2.45, 2.75) is 134 Å². The third kappa shape index (κ3) is 37.2. The van der Waals surface area contributed by atoms with Crippen LogP contribution in [0.15, 0.2) is 229 Å². The molecule has 12 aromatic rings. The molecule has 0 spiro atoms. The van der Waals surface area contributed by atoms with Crippen molar-refractivity contribution in [3.05, 3.63) is 349 Å². The monoisotopic (exact) mass is 2210 g/mol. The van der Waals surface area contributed by atoms with E-state index in [9.17, 15) is 85.8 Å². The first-order chi connectivity index (χ1) is 68.1. The topological polar surface area (TPSA) is 285 Å². The Labute approximate surface area is 850 Å². The molecular weight excluding hydrogens is 2110 g/mol. The summed E-state index contributed by atoms with van der Waals surface area (Å²) < 4.78 is 234. The molecular formula is C104H104BrClF13IN6O18. The van der Waals surface area contributed by atoms with Crippen molar-refractivity contribution in [3.63, 3.8) is 0 Å². The van der Waals surface area contributed by atoms with Crippen molar-refractivity contribution in [1.82, 2.24) is 0 Å². The second-order valence-electron chi connectivity index (χ2n) is 30.3. The summed E-state index contributed by atoms with van der Waals surface area (Å²) in [6, 6.07) is 59.1. The average molecular weight is 2220 g/mol. The van der Waals surface area contributed by atoms with E-state index in [1.54, 1.807) is 163 Å². The molecule has 0 fully saturated rings. The molecule has 24 nitrogen and oxygen atoms in total. The first kappa shape index (κ1) is 118. The maximum atomic E-state index is 14.0. The zero-order valence-corrected chi connectivity index (χ0v) is 83.5. The number of amides is 6. The van der Waals surface area contributed by atoms with Crippen LogP contribution in [0.3, 0.4) is 0 Å². The Balaban J connectivity index is 0.000000264. The lowest BCUT2D eigenvalue weighted by atomic mass is 10.1. The van der Waals surface area contributed by atoms with Crippen LogP contribution in [0, 0.1) is 57.9 Å². The van der Waals surface area contributed by atoms with Crippen molar-refractivity contribution in [1.29, 1.82) is 0 Å². The van der Waals surface area contributed by atoms with Gasteiger partial charge in [0.05, 0.1) is 110 Å². The van der Waals surface area contributed by atoms with E-state index in [4.69, 9.17) is 40.0 Å². The highest BCUT2D eigenvalue weighted by molar-refractivity contribution is 14.1. The molecule has 0 saturated carbocycles. The molecule has 0 bridgehead atoms. The van der Waals surface area contributed by atoms with Crippen LogP contribution in [0.5, 0.6) is 34.5 Å². The number of benzene rings is 12. The Hall–Kier alpha value is -14.4. The summed E-state index contributed by atoms with van der Waals surface area (Å²) in [5.74, 6) is -0.118. The van der Waals surface area contributed by atoms with Crippen LogP contribution < -0.4 is 60.3 Å². The lowest BCUT2D eigenvalue weighted by Gasteiger charge is -2.16. The molecule has 0 heterocycles. The Morgan fingerprint density at radius 2 is 0.535 bits per heavy atom. The number of carbonyl (C=O) groups excluding carboxylic acids is 6. The summed E-state index contributed by atoms with van der Waals surface area (Å²) in [6.45, 7) is 12.0. The molecule has 0 aliphatic heterocycles. The second kappa shape index (κ2) is 59.5. The molecule has 0 atom stereocenters. The van der Waals surface area contributed by atoms with Crippen LogP contribution in [0.1, 0.15) is 152 Å². The highest BCUT2D eigenvalue weighted by Gasteiger charge is 2.25. The highest BCUT2D eigenvalue weighted by Crippen LogP contribution is 2.40. The van der Waals surface area contributed by atoms with Gasteiger partial charge in [-0.2, -0.15) is 0 Å². The SMILES string of the molecule is C.COC(=O)Nc1cccc(Br)c1COc1ccc(C)cc1C(F)F.COC(=O)Nc1cccc(C)c1COc1ccc(C)cc1C(F)F.COC(=O)Nc1cccc(Cl)c1COc1ccc(C)cc1C(F)F.COC(=O)Nc1cccc(F)c1COc1ccc(C)cc1C(F)F.COC(=O)Nc1cccc(I)c1COc1ccc(C)cc1C(F)F.COC(=O)Nc1ccccc1COc1ccc(C)cc1C(F)F. The Kier molecular flexibility index (Phi) is 48.9. The number of alkyl halides is 12. The molecule has 6 N–H and O–H groups in total. The number of hydrogen-bond donors (Lipinski definition) is 6. The fourth-order valence-corrected chi connectivity index (χ4v) is 14.1. The van der Waals surface area contributed by atoms with Gasteiger partial charge in [-0.25, -0.2) is 85.8 Å². The molecule has 0 aromatic heterocycles. The van der Waals surface area contributed by atoms with Gasteiger partial charge >= 0.3 is 36.6 Å². The maximum Gasteiger partial charge on any atom is 0.411 e. The molecule has 0 aliphatic rings. The van der Waals surface area contributed by atoms with Gasteiger partial charge in [0, 0.05) is 46.4 Å². The van der Waals surface area contributed by atoms with Crippen molar-refractivity contribution in [2.75, 3.05) is 74.6 Å². The van der Waals surface area contributed by atoms with Gasteiger partial charge in [-0.3, -0.25) is 31.9 Å². The number of para-hydroxylation sites is 1. The molecule has 144 heavy (non-hydrogen) atoms. The molecule has 40 heteroatoms. The van der Waals surface area contributed by atoms with Crippen LogP contribution in [0.25, 0.3) is 0 Å². The minimum Gasteiger partial charge on any atom is -0.488 e. The summed E-state index contributed by atoms with van der Waals surface area (Å²) >= 11 is 11.6. The van der Waals surface area contributed by atoms with Gasteiger partial charge in [0.1, 0.15) is 80.0 Å². The second-order valence-corrected chi connectivity index (χ2v) is 32.7. The predicted octanol–water partition coefficient (Wildman–Crippen LogP) is 31.2. The summed E-state index contributed by atoms with van der Waals surface area (Å²) in [4.78, 5) is 68.3. The molecule has 12 aromatic carbocycles. The van der Waals surface area contributed by atoms with Gasteiger partial charge in [-0.1, -0.05) is 159 Å². The Bertz CT molecular complexity index is 5580. The fraction of sp³-hybridized carbons (Fsp3) is 0.250. The van der Waals surface area contributed by atoms with E-state index in [2.05, 4.69) is 98.8 Å². The number of hydrogen-bond acceptors (Lipinski definition) is 18. The van der Waals surface area contributed by atoms with E-state index in [1.807, 2.05) is 19.1 Å². The van der Waals surface area contributed by atoms with E-state index in [-0.39, 0.29) is 126 Å². The van der Waals surface area contributed by atoms with Crippen molar-refractivity contribution >= 4 is 121 Å². The fourth-order valence-electron chi connectivity index (χ4n) is 12.8. The third-order valence-electron chi connectivity index (χ3n) is 20.1. The molecule has 0 unspecified atom stereocenters. The van der Waals surface area contributed by atoms with E-state index in [0.717, 1.165) is 31.4 Å². The first-order valence-corrected chi connectivity index (χ1v) is 44.8. The Morgan fingerprint density at radius 3 is 0.875 bits per heavy atom. The van der Waals surface area contributed by atoms with Crippen molar-refractivity contribution in [3.8, 4) is 34.5 Å². The average Bonchev–Trinajstić information content (AvgIpc) is 0.834. The molecule has 770 valence electrons. The van der Waals surface area contributed by atoms with E-state index < -0.39 is 80.9 Å². The summed E-state index contributed by atoms with van der Waals surface area (Å²) in [6.07, 6.45) is -19.8.